The molecule has 2 nitrogen and oxygen atoms in total. The Hall–Kier alpha value is -1.02. The minimum atomic E-state index is 0.944. The average Bonchev–Trinajstić information content (AvgIpc) is 2.46. The Morgan fingerprint density at radius 3 is 2.95 bits per heavy atom. The van der Waals surface area contributed by atoms with Crippen LogP contribution >= 0.6 is 0 Å². The highest BCUT2D eigenvalue weighted by Crippen LogP contribution is 2.28. The molecular formula is C17H26N2. The Morgan fingerprint density at radius 1 is 1.26 bits per heavy atom. The number of rotatable bonds is 3. The van der Waals surface area contributed by atoms with Gasteiger partial charge in [-0.3, -0.25) is 0 Å². The molecule has 2 aliphatic heterocycles. The lowest BCUT2D eigenvalue weighted by atomic mass is 9.90. The normalized spacial score (nSPS) is 20.4. The summed E-state index contributed by atoms with van der Waals surface area (Å²) in [6.07, 6.45) is 7.95. The standard InChI is InChI=1S/C17H26N2/c1-19-12-2-3-16-13-15(6-7-17(16)19)5-4-14-8-10-18-11-9-14/h6-7,13-14,18H,2-5,8-12H2,1H3. The van der Waals surface area contributed by atoms with Gasteiger partial charge in [0.15, 0.2) is 0 Å². The summed E-state index contributed by atoms with van der Waals surface area (Å²) in [7, 11) is 2.21. The van der Waals surface area contributed by atoms with Crippen molar-refractivity contribution in [1.82, 2.24) is 5.32 Å². The molecule has 1 saturated heterocycles. The van der Waals surface area contributed by atoms with Crippen molar-refractivity contribution in [2.45, 2.75) is 38.5 Å². The van der Waals surface area contributed by atoms with Crippen molar-refractivity contribution in [1.29, 1.82) is 0 Å². The molecule has 1 fully saturated rings. The third kappa shape index (κ3) is 3.11. The Bertz CT molecular complexity index is 421. The van der Waals surface area contributed by atoms with E-state index in [1.54, 1.807) is 11.1 Å². The van der Waals surface area contributed by atoms with Crippen molar-refractivity contribution < 1.29 is 0 Å². The number of hydrogen-bond acceptors (Lipinski definition) is 2. The molecule has 0 bridgehead atoms. The molecule has 0 spiro atoms. The molecule has 0 radical (unpaired) electrons. The minimum Gasteiger partial charge on any atom is -0.374 e. The predicted octanol–water partition coefficient (Wildman–Crippen LogP) is 3.00. The lowest BCUT2D eigenvalue weighted by molar-refractivity contribution is 0.354. The van der Waals surface area contributed by atoms with Gasteiger partial charge < -0.3 is 10.2 Å². The lowest BCUT2D eigenvalue weighted by Gasteiger charge is -2.28. The number of piperidine rings is 1. The van der Waals surface area contributed by atoms with Gasteiger partial charge in [-0.05, 0) is 74.7 Å². The Kier molecular flexibility index (Phi) is 4.07. The summed E-state index contributed by atoms with van der Waals surface area (Å²) in [5.74, 6) is 0.944. The second kappa shape index (κ2) is 5.96. The summed E-state index contributed by atoms with van der Waals surface area (Å²) in [5, 5.41) is 3.45. The molecule has 19 heavy (non-hydrogen) atoms. The van der Waals surface area contributed by atoms with Crippen LogP contribution in [0.4, 0.5) is 5.69 Å². The molecule has 1 aromatic rings. The highest BCUT2D eigenvalue weighted by Gasteiger charge is 2.15. The first-order valence-electron chi connectivity index (χ1n) is 7.86. The summed E-state index contributed by atoms with van der Waals surface area (Å²) in [5.41, 5.74) is 4.57. The number of anilines is 1. The second-order valence-corrected chi connectivity index (χ2v) is 6.22. The van der Waals surface area contributed by atoms with Gasteiger partial charge in [-0.2, -0.15) is 0 Å². The van der Waals surface area contributed by atoms with Crippen LogP contribution in [-0.4, -0.2) is 26.7 Å². The molecule has 0 aliphatic carbocycles. The van der Waals surface area contributed by atoms with Crippen molar-refractivity contribution in [3.05, 3.63) is 29.3 Å². The fourth-order valence-corrected chi connectivity index (χ4v) is 3.54. The average molecular weight is 258 g/mol. The molecule has 1 N–H and O–H groups in total. The molecule has 0 amide bonds. The van der Waals surface area contributed by atoms with E-state index in [9.17, 15) is 0 Å². The van der Waals surface area contributed by atoms with Crippen LogP contribution in [0.3, 0.4) is 0 Å². The van der Waals surface area contributed by atoms with Gasteiger partial charge in [0.05, 0.1) is 0 Å². The molecular weight excluding hydrogens is 232 g/mol. The van der Waals surface area contributed by atoms with E-state index in [0.717, 1.165) is 5.92 Å². The third-order valence-corrected chi connectivity index (χ3v) is 4.79. The molecule has 1 aromatic carbocycles. The first-order chi connectivity index (χ1) is 9.33. The molecule has 0 aromatic heterocycles. The summed E-state index contributed by atoms with van der Waals surface area (Å²) in [6.45, 7) is 3.65. The van der Waals surface area contributed by atoms with Crippen LogP contribution in [0.25, 0.3) is 0 Å². The van der Waals surface area contributed by atoms with Gasteiger partial charge >= 0.3 is 0 Å². The van der Waals surface area contributed by atoms with Gasteiger partial charge in [-0.15, -0.1) is 0 Å². The number of fused-ring (bicyclic) bond motifs is 1. The predicted molar refractivity (Wildman–Crippen MR) is 81.9 cm³/mol. The molecule has 2 heteroatoms. The zero-order valence-corrected chi connectivity index (χ0v) is 12.1. The van der Waals surface area contributed by atoms with Gasteiger partial charge in [-0.1, -0.05) is 12.1 Å². The minimum absolute atomic E-state index is 0.944. The van der Waals surface area contributed by atoms with Crippen LogP contribution < -0.4 is 10.2 Å². The number of hydrogen-bond donors (Lipinski definition) is 1. The molecule has 3 rings (SSSR count). The molecule has 0 saturated carbocycles. The second-order valence-electron chi connectivity index (χ2n) is 6.22. The highest BCUT2D eigenvalue weighted by molar-refractivity contribution is 5.56. The third-order valence-electron chi connectivity index (χ3n) is 4.79. The van der Waals surface area contributed by atoms with E-state index < -0.39 is 0 Å². The number of aryl methyl sites for hydroxylation is 2. The van der Waals surface area contributed by atoms with Gasteiger partial charge in [0.1, 0.15) is 0 Å². The SMILES string of the molecule is CN1CCCc2cc(CCC3CCNCC3)ccc21. The van der Waals surface area contributed by atoms with E-state index in [1.165, 1.54) is 63.8 Å². The molecule has 2 aliphatic rings. The Morgan fingerprint density at radius 2 is 2.11 bits per heavy atom. The topological polar surface area (TPSA) is 15.3 Å². The van der Waals surface area contributed by atoms with E-state index in [1.807, 2.05) is 0 Å². The van der Waals surface area contributed by atoms with Crippen LogP contribution in [0.1, 0.15) is 36.8 Å². The Labute approximate surface area is 117 Å². The van der Waals surface area contributed by atoms with Crippen LogP contribution in [-0.2, 0) is 12.8 Å². The van der Waals surface area contributed by atoms with Gasteiger partial charge in [0.25, 0.3) is 0 Å². The summed E-state index contributed by atoms with van der Waals surface area (Å²) in [6, 6.07) is 7.15. The zero-order chi connectivity index (χ0) is 13.1. The van der Waals surface area contributed by atoms with Crippen LogP contribution in [0.2, 0.25) is 0 Å². The molecule has 0 unspecified atom stereocenters. The van der Waals surface area contributed by atoms with Gasteiger partial charge in [0, 0.05) is 19.3 Å². The molecule has 0 atom stereocenters. The maximum absolute atomic E-state index is 3.45. The summed E-state index contributed by atoms with van der Waals surface area (Å²) < 4.78 is 0. The maximum atomic E-state index is 3.45. The largest absolute Gasteiger partial charge is 0.374 e. The molecule has 2 heterocycles. The number of benzene rings is 1. The van der Waals surface area contributed by atoms with Crippen molar-refractivity contribution in [2.75, 3.05) is 31.6 Å². The fraction of sp³-hybridized carbons (Fsp3) is 0.647. The lowest BCUT2D eigenvalue weighted by Crippen LogP contribution is -2.28. The monoisotopic (exact) mass is 258 g/mol. The quantitative estimate of drug-likeness (QED) is 0.896. The number of nitrogens with one attached hydrogen (secondary N) is 1. The van der Waals surface area contributed by atoms with Gasteiger partial charge in [0.2, 0.25) is 0 Å². The van der Waals surface area contributed by atoms with E-state index in [-0.39, 0.29) is 0 Å². The van der Waals surface area contributed by atoms with E-state index in [0.29, 0.717) is 0 Å². The summed E-state index contributed by atoms with van der Waals surface area (Å²) in [4.78, 5) is 2.40. The van der Waals surface area contributed by atoms with Gasteiger partial charge in [-0.25, -0.2) is 0 Å². The van der Waals surface area contributed by atoms with Crippen molar-refractivity contribution >= 4 is 5.69 Å². The Balaban J connectivity index is 1.62. The zero-order valence-electron chi connectivity index (χ0n) is 12.1. The van der Waals surface area contributed by atoms with Crippen LogP contribution in [0.5, 0.6) is 0 Å². The van der Waals surface area contributed by atoms with E-state index in [2.05, 4.69) is 35.5 Å². The fourth-order valence-electron chi connectivity index (χ4n) is 3.54. The summed E-state index contributed by atoms with van der Waals surface area (Å²) >= 11 is 0. The number of nitrogens with zero attached hydrogens (tertiary/aromatic N) is 1. The van der Waals surface area contributed by atoms with Crippen LogP contribution in [0, 0.1) is 5.92 Å². The highest BCUT2D eigenvalue weighted by atomic mass is 15.1. The van der Waals surface area contributed by atoms with E-state index >= 15 is 0 Å². The smallest absolute Gasteiger partial charge is 0.0396 e. The maximum Gasteiger partial charge on any atom is 0.0396 e. The van der Waals surface area contributed by atoms with Crippen molar-refractivity contribution in [2.24, 2.45) is 5.92 Å². The first kappa shape index (κ1) is 13.0. The first-order valence-corrected chi connectivity index (χ1v) is 7.86. The molecule has 104 valence electrons. The van der Waals surface area contributed by atoms with E-state index in [4.69, 9.17) is 0 Å². The van der Waals surface area contributed by atoms with Crippen LogP contribution in [0.15, 0.2) is 18.2 Å². The van der Waals surface area contributed by atoms with Crippen molar-refractivity contribution in [3.8, 4) is 0 Å². The van der Waals surface area contributed by atoms with Crippen molar-refractivity contribution in [3.63, 3.8) is 0 Å².